The molecular weight excluding hydrogens is 262 g/mol. The molecule has 112 valence electrons. The Balaban J connectivity index is 1.74. The fourth-order valence-electron chi connectivity index (χ4n) is 3.19. The maximum Gasteiger partial charge on any atom is 0.167 e. The third-order valence-corrected chi connectivity index (χ3v) is 4.43. The van der Waals surface area contributed by atoms with E-state index < -0.39 is 0 Å². The van der Waals surface area contributed by atoms with E-state index in [0.29, 0.717) is 18.6 Å². The summed E-state index contributed by atoms with van der Waals surface area (Å²) in [5.41, 5.74) is 7.98. The van der Waals surface area contributed by atoms with Crippen LogP contribution in [0.1, 0.15) is 31.9 Å². The highest BCUT2D eigenvalue weighted by Gasteiger charge is 2.27. The smallest absolute Gasteiger partial charge is 0.167 e. The zero-order valence-electron chi connectivity index (χ0n) is 12.5. The molecule has 0 saturated carbocycles. The van der Waals surface area contributed by atoms with Gasteiger partial charge >= 0.3 is 0 Å². The second-order valence-electron chi connectivity index (χ2n) is 5.89. The number of hydrogen-bond donors (Lipinski definition) is 1. The Morgan fingerprint density at radius 3 is 2.86 bits per heavy atom. The van der Waals surface area contributed by atoms with Crippen LogP contribution in [-0.2, 0) is 6.54 Å². The van der Waals surface area contributed by atoms with Crippen LogP contribution in [0.4, 0.5) is 0 Å². The molecule has 1 saturated heterocycles. The molecule has 0 amide bonds. The lowest BCUT2D eigenvalue weighted by atomic mass is 9.96. The van der Waals surface area contributed by atoms with Crippen LogP contribution in [0.3, 0.4) is 0 Å². The van der Waals surface area contributed by atoms with Crippen molar-refractivity contribution in [1.82, 2.24) is 10.1 Å². The molecule has 2 N–H and O–H groups in total. The lowest BCUT2D eigenvalue weighted by Crippen LogP contribution is -2.48. The molecule has 0 bridgehead atoms. The van der Waals surface area contributed by atoms with Crippen molar-refractivity contribution in [1.29, 1.82) is 0 Å². The van der Waals surface area contributed by atoms with Crippen LogP contribution in [0.5, 0.6) is 0 Å². The van der Waals surface area contributed by atoms with Gasteiger partial charge in [0.1, 0.15) is 0 Å². The molecule has 1 aromatic heterocycles. The maximum absolute atomic E-state index is 5.92. The summed E-state index contributed by atoms with van der Waals surface area (Å²) in [6.45, 7) is 3.81. The minimum absolute atomic E-state index is 0.464. The van der Waals surface area contributed by atoms with Gasteiger partial charge in [-0.05, 0) is 19.8 Å². The van der Waals surface area contributed by atoms with Gasteiger partial charge < -0.3 is 10.3 Å². The van der Waals surface area contributed by atoms with Gasteiger partial charge in [-0.1, -0.05) is 41.9 Å². The second kappa shape index (κ2) is 6.41. The molecule has 1 fully saturated rings. The van der Waals surface area contributed by atoms with Crippen molar-refractivity contribution >= 4 is 0 Å². The molecule has 0 aliphatic carbocycles. The monoisotopic (exact) mass is 285 g/mol. The van der Waals surface area contributed by atoms with Gasteiger partial charge in [-0.3, -0.25) is 4.90 Å². The van der Waals surface area contributed by atoms with Gasteiger partial charge in [-0.2, -0.15) is 0 Å². The molecule has 2 unspecified atom stereocenters. The van der Waals surface area contributed by atoms with E-state index in [9.17, 15) is 0 Å². The highest BCUT2D eigenvalue weighted by atomic mass is 16.5. The molecule has 0 spiro atoms. The van der Waals surface area contributed by atoms with E-state index in [4.69, 9.17) is 10.3 Å². The van der Waals surface area contributed by atoms with Crippen molar-refractivity contribution in [2.75, 3.05) is 6.54 Å². The van der Waals surface area contributed by atoms with Gasteiger partial charge in [0.25, 0.3) is 0 Å². The molecular formula is C17H23N3O. The number of hydrogen-bond acceptors (Lipinski definition) is 4. The second-order valence-corrected chi connectivity index (χ2v) is 5.89. The van der Waals surface area contributed by atoms with Crippen LogP contribution in [0, 0.1) is 0 Å². The van der Waals surface area contributed by atoms with Gasteiger partial charge in [0.05, 0.1) is 5.69 Å². The fraction of sp³-hybridized carbons (Fsp3) is 0.471. The summed E-state index contributed by atoms with van der Waals surface area (Å²) in [5, 5.41) is 4.23. The van der Waals surface area contributed by atoms with Gasteiger partial charge in [0, 0.05) is 36.8 Å². The van der Waals surface area contributed by atoms with Gasteiger partial charge in [-0.15, -0.1) is 0 Å². The van der Waals surface area contributed by atoms with E-state index in [1.165, 1.54) is 19.3 Å². The number of nitrogens with zero attached hydrogens (tertiary/aromatic N) is 2. The standard InChI is InChI=1S/C17H23N3O/c1-13-6-5-9-16(11-18)20(13)12-15-10-17(21-19-15)14-7-3-2-4-8-14/h2-4,7-8,10,13,16H,5-6,9,11-12,18H2,1H3. The molecule has 21 heavy (non-hydrogen) atoms. The van der Waals surface area contributed by atoms with E-state index in [0.717, 1.165) is 23.6 Å². The van der Waals surface area contributed by atoms with Crippen molar-refractivity contribution in [3.8, 4) is 11.3 Å². The molecule has 2 atom stereocenters. The predicted octanol–water partition coefficient (Wildman–Crippen LogP) is 3.04. The molecule has 4 heteroatoms. The molecule has 1 aliphatic heterocycles. The molecule has 2 heterocycles. The van der Waals surface area contributed by atoms with Crippen LogP contribution < -0.4 is 5.73 Å². The lowest BCUT2D eigenvalue weighted by Gasteiger charge is -2.39. The van der Waals surface area contributed by atoms with Crippen LogP contribution in [0.25, 0.3) is 11.3 Å². The lowest BCUT2D eigenvalue weighted by molar-refractivity contribution is 0.0866. The first kappa shape index (κ1) is 14.3. The molecule has 0 radical (unpaired) electrons. The summed E-state index contributed by atoms with van der Waals surface area (Å²) >= 11 is 0. The largest absolute Gasteiger partial charge is 0.356 e. The Morgan fingerprint density at radius 1 is 1.29 bits per heavy atom. The minimum atomic E-state index is 0.464. The quantitative estimate of drug-likeness (QED) is 0.938. The van der Waals surface area contributed by atoms with Crippen LogP contribution in [0.15, 0.2) is 40.9 Å². The average Bonchev–Trinajstić information content (AvgIpc) is 2.99. The molecule has 1 aliphatic rings. The van der Waals surface area contributed by atoms with E-state index >= 15 is 0 Å². The highest BCUT2D eigenvalue weighted by Crippen LogP contribution is 2.26. The SMILES string of the molecule is CC1CCCC(CN)N1Cc1cc(-c2ccccc2)on1. The number of nitrogens with two attached hydrogens (primary N) is 1. The fourth-order valence-corrected chi connectivity index (χ4v) is 3.19. The Bertz CT molecular complexity index is 566. The maximum atomic E-state index is 5.92. The van der Waals surface area contributed by atoms with E-state index in [2.05, 4.69) is 17.0 Å². The number of likely N-dealkylation sites (tertiary alicyclic amines) is 1. The topological polar surface area (TPSA) is 55.3 Å². The van der Waals surface area contributed by atoms with E-state index in [1.54, 1.807) is 0 Å². The number of aromatic nitrogens is 1. The third-order valence-electron chi connectivity index (χ3n) is 4.43. The summed E-state index contributed by atoms with van der Waals surface area (Å²) in [5.74, 6) is 0.833. The first-order chi connectivity index (χ1) is 10.3. The van der Waals surface area contributed by atoms with Gasteiger partial charge in [0.15, 0.2) is 5.76 Å². The van der Waals surface area contributed by atoms with E-state index in [-0.39, 0.29) is 0 Å². The predicted molar refractivity (Wildman–Crippen MR) is 83.6 cm³/mol. The first-order valence-electron chi connectivity index (χ1n) is 7.74. The summed E-state index contributed by atoms with van der Waals surface area (Å²) in [7, 11) is 0. The third kappa shape index (κ3) is 3.17. The number of rotatable bonds is 4. The number of piperidine rings is 1. The Kier molecular flexibility index (Phi) is 4.36. The van der Waals surface area contributed by atoms with Crippen molar-refractivity contribution in [3.63, 3.8) is 0 Å². The molecule has 1 aromatic carbocycles. The van der Waals surface area contributed by atoms with Crippen molar-refractivity contribution in [2.24, 2.45) is 5.73 Å². The minimum Gasteiger partial charge on any atom is -0.356 e. The normalized spacial score (nSPS) is 23.3. The van der Waals surface area contributed by atoms with Gasteiger partial charge in [0.2, 0.25) is 0 Å². The molecule has 4 nitrogen and oxygen atoms in total. The van der Waals surface area contributed by atoms with Crippen LogP contribution in [-0.4, -0.2) is 28.7 Å². The van der Waals surface area contributed by atoms with Crippen molar-refractivity contribution in [2.45, 2.75) is 44.8 Å². The molecule has 3 rings (SSSR count). The summed E-state index contributed by atoms with van der Waals surface area (Å²) in [6.07, 6.45) is 3.69. The first-order valence-corrected chi connectivity index (χ1v) is 7.74. The zero-order valence-corrected chi connectivity index (χ0v) is 12.5. The summed E-state index contributed by atoms with van der Waals surface area (Å²) in [6, 6.07) is 13.2. The Morgan fingerprint density at radius 2 is 2.10 bits per heavy atom. The zero-order chi connectivity index (χ0) is 14.7. The highest BCUT2D eigenvalue weighted by molar-refractivity contribution is 5.56. The average molecular weight is 285 g/mol. The van der Waals surface area contributed by atoms with Gasteiger partial charge in [-0.25, -0.2) is 0 Å². The number of benzene rings is 1. The van der Waals surface area contributed by atoms with Crippen molar-refractivity contribution < 1.29 is 4.52 Å². The van der Waals surface area contributed by atoms with E-state index in [1.807, 2.05) is 36.4 Å². The summed E-state index contributed by atoms with van der Waals surface area (Å²) < 4.78 is 5.49. The van der Waals surface area contributed by atoms with Crippen LogP contribution in [0.2, 0.25) is 0 Å². The Hall–Kier alpha value is -1.65. The summed E-state index contributed by atoms with van der Waals surface area (Å²) in [4.78, 5) is 2.47. The van der Waals surface area contributed by atoms with Crippen LogP contribution >= 0.6 is 0 Å². The van der Waals surface area contributed by atoms with Crippen molar-refractivity contribution in [3.05, 3.63) is 42.1 Å². The Labute approximate surface area is 125 Å². The molecule has 2 aromatic rings.